The quantitative estimate of drug-likeness (QED) is 0.597. The van der Waals surface area contributed by atoms with E-state index in [1.807, 2.05) is 0 Å². The van der Waals surface area contributed by atoms with Crippen LogP contribution in [0.25, 0.3) is 0 Å². The molecule has 3 rings (SSSR count). The van der Waals surface area contributed by atoms with E-state index in [1.165, 1.54) is 37.3 Å². The monoisotopic (exact) mass is 409 g/mol. The molecule has 1 aliphatic heterocycles. The number of esters is 1. The largest absolute Gasteiger partial charge is 0.454 e. The van der Waals surface area contributed by atoms with Gasteiger partial charge < -0.3 is 19.5 Å². The number of nitrogens with one attached hydrogen (secondary N) is 1. The van der Waals surface area contributed by atoms with Gasteiger partial charge in [-0.15, -0.1) is 0 Å². The summed E-state index contributed by atoms with van der Waals surface area (Å²) in [5.41, 5.74) is 0.568. The fraction of sp³-hybridized carbons (Fsp3) is 0.167. The molecule has 0 aliphatic carbocycles. The van der Waals surface area contributed by atoms with Gasteiger partial charge in [0, 0.05) is 16.7 Å². The molecular weight excluding hydrogens is 397 g/mol. The van der Waals surface area contributed by atoms with Crippen LogP contribution in [-0.2, 0) is 9.53 Å². The summed E-state index contributed by atoms with van der Waals surface area (Å²) < 4.78 is 15.4. The van der Waals surface area contributed by atoms with Crippen molar-refractivity contribution >= 4 is 46.5 Å². The molecule has 2 aromatic rings. The maximum atomic E-state index is 12.1. The Balaban J connectivity index is 1.67. The average molecular weight is 410 g/mol. The van der Waals surface area contributed by atoms with E-state index in [9.17, 15) is 14.4 Å². The van der Waals surface area contributed by atoms with Crippen molar-refractivity contribution in [2.24, 2.45) is 0 Å². The molecule has 0 spiro atoms. The molecule has 140 valence electrons. The molecular formula is C18H13Cl2NO6. The van der Waals surface area contributed by atoms with Crippen molar-refractivity contribution < 1.29 is 28.6 Å². The van der Waals surface area contributed by atoms with Gasteiger partial charge in [0.05, 0.1) is 16.3 Å². The molecule has 0 bridgehead atoms. The normalized spacial score (nSPS) is 11.8. The summed E-state index contributed by atoms with van der Waals surface area (Å²) in [6, 6.07) is 7.24. The number of halogens is 2. The van der Waals surface area contributed by atoms with Gasteiger partial charge in [0.1, 0.15) is 0 Å². The minimum atomic E-state index is -0.774. The number of benzene rings is 2. The SMILES string of the molecule is CC(=O)c1cc2c(cc1NC(=O)COC(=O)c1ccc(Cl)cc1Cl)OCO2. The zero-order valence-corrected chi connectivity index (χ0v) is 15.5. The third kappa shape index (κ3) is 4.32. The molecule has 0 saturated heterocycles. The first-order valence-corrected chi connectivity index (χ1v) is 8.47. The second kappa shape index (κ2) is 7.85. The van der Waals surface area contributed by atoms with Gasteiger partial charge in [-0.25, -0.2) is 4.79 Å². The topological polar surface area (TPSA) is 90.9 Å². The van der Waals surface area contributed by atoms with Crippen LogP contribution in [-0.4, -0.2) is 31.1 Å². The molecule has 27 heavy (non-hydrogen) atoms. The number of hydrogen-bond acceptors (Lipinski definition) is 6. The number of carbonyl (C=O) groups is 3. The van der Waals surface area contributed by atoms with Gasteiger partial charge in [-0.3, -0.25) is 9.59 Å². The van der Waals surface area contributed by atoms with Gasteiger partial charge in [0.15, 0.2) is 23.9 Å². The van der Waals surface area contributed by atoms with Crippen molar-refractivity contribution in [2.75, 3.05) is 18.7 Å². The first kappa shape index (κ1) is 19.0. The van der Waals surface area contributed by atoms with Crippen LogP contribution in [0.4, 0.5) is 5.69 Å². The fourth-order valence-corrected chi connectivity index (χ4v) is 2.87. The standard InChI is InChI=1S/C18H13Cl2NO6/c1-9(22)12-5-15-16(27-8-26-15)6-14(12)21-17(23)7-25-18(24)11-3-2-10(19)4-13(11)20/h2-6H,7-8H2,1H3,(H,21,23). The number of hydrogen-bond donors (Lipinski definition) is 1. The summed E-state index contributed by atoms with van der Waals surface area (Å²) in [6.45, 7) is 0.822. The third-order valence-corrected chi connectivity index (χ3v) is 4.20. The van der Waals surface area contributed by atoms with Crippen LogP contribution in [0.1, 0.15) is 27.6 Å². The number of fused-ring (bicyclic) bond motifs is 1. The molecule has 0 unspecified atom stereocenters. The highest BCUT2D eigenvalue weighted by atomic mass is 35.5. The minimum absolute atomic E-state index is 0.0313. The summed E-state index contributed by atoms with van der Waals surface area (Å²) in [4.78, 5) is 36.0. The van der Waals surface area contributed by atoms with Gasteiger partial charge in [0.2, 0.25) is 6.79 Å². The molecule has 0 atom stereocenters. The van der Waals surface area contributed by atoms with Crippen LogP contribution >= 0.6 is 23.2 Å². The Bertz CT molecular complexity index is 944. The van der Waals surface area contributed by atoms with Crippen LogP contribution in [0.15, 0.2) is 30.3 Å². The summed E-state index contributed by atoms with van der Waals surface area (Å²) in [5.74, 6) is -0.852. The van der Waals surface area contributed by atoms with Gasteiger partial charge in [-0.1, -0.05) is 23.2 Å². The Morgan fingerprint density at radius 2 is 1.78 bits per heavy atom. The predicted molar refractivity (Wildman–Crippen MR) is 97.9 cm³/mol. The minimum Gasteiger partial charge on any atom is -0.454 e. The van der Waals surface area contributed by atoms with Crippen molar-refractivity contribution in [3.05, 3.63) is 51.5 Å². The number of amides is 1. The van der Waals surface area contributed by atoms with E-state index in [4.69, 9.17) is 37.4 Å². The first-order valence-electron chi connectivity index (χ1n) is 7.72. The number of carbonyl (C=O) groups excluding carboxylic acids is 3. The Hall–Kier alpha value is -2.77. The summed E-state index contributed by atoms with van der Waals surface area (Å²) >= 11 is 11.7. The number of Topliss-reactive ketones (excluding diaryl/α,β-unsaturated/α-hetero) is 1. The van der Waals surface area contributed by atoms with Gasteiger partial charge >= 0.3 is 5.97 Å². The highest BCUT2D eigenvalue weighted by Crippen LogP contribution is 2.37. The number of ketones is 1. The Morgan fingerprint density at radius 1 is 1.07 bits per heavy atom. The molecule has 1 N–H and O–H groups in total. The van der Waals surface area contributed by atoms with Crippen molar-refractivity contribution in [3.63, 3.8) is 0 Å². The van der Waals surface area contributed by atoms with Gasteiger partial charge in [-0.05, 0) is 31.2 Å². The highest BCUT2D eigenvalue weighted by Gasteiger charge is 2.21. The van der Waals surface area contributed by atoms with Crippen LogP contribution < -0.4 is 14.8 Å². The Labute approximate surface area is 164 Å². The lowest BCUT2D eigenvalue weighted by molar-refractivity contribution is -0.119. The summed E-state index contributed by atoms with van der Waals surface area (Å²) in [7, 11) is 0. The number of rotatable bonds is 5. The van der Waals surface area contributed by atoms with Gasteiger partial charge in [0.25, 0.3) is 5.91 Å². The van der Waals surface area contributed by atoms with Crippen LogP contribution in [0.5, 0.6) is 11.5 Å². The molecule has 2 aromatic carbocycles. The molecule has 7 nitrogen and oxygen atoms in total. The van der Waals surface area contributed by atoms with Crippen molar-refractivity contribution in [3.8, 4) is 11.5 Å². The van der Waals surface area contributed by atoms with Crippen LogP contribution in [0.3, 0.4) is 0 Å². The summed E-state index contributed by atoms with van der Waals surface area (Å²) in [6.07, 6.45) is 0. The average Bonchev–Trinajstić information content (AvgIpc) is 3.06. The van der Waals surface area contributed by atoms with Gasteiger partial charge in [-0.2, -0.15) is 0 Å². The Kier molecular flexibility index (Phi) is 5.53. The maximum Gasteiger partial charge on any atom is 0.340 e. The molecule has 1 amide bonds. The third-order valence-electron chi connectivity index (χ3n) is 3.65. The Morgan fingerprint density at radius 3 is 2.44 bits per heavy atom. The molecule has 9 heteroatoms. The van der Waals surface area contributed by atoms with E-state index < -0.39 is 18.5 Å². The van der Waals surface area contributed by atoms with Crippen LogP contribution in [0, 0.1) is 0 Å². The second-order valence-corrected chi connectivity index (χ2v) is 6.40. The second-order valence-electron chi connectivity index (χ2n) is 5.56. The smallest absolute Gasteiger partial charge is 0.340 e. The predicted octanol–water partition coefficient (Wildman–Crippen LogP) is 3.72. The highest BCUT2D eigenvalue weighted by molar-refractivity contribution is 6.36. The molecule has 0 saturated carbocycles. The van der Waals surface area contributed by atoms with E-state index in [1.54, 1.807) is 0 Å². The van der Waals surface area contributed by atoms with E-state index in [-0.39, 0.29) is 34.4 Å². The lowest BCUT2D eigenvalue weighted by atomic mass is 10.1. The molecule has 1 heterocycles. The molecule has 0 fully saturated rings. The lowest BCUT2D eigenvalue weighted by Crippen LogP contribution is -2.22. The van der Waals surface area contributed by atoms with Crippen LogP contribution in [0.2, 0.25) is 10.0 Å². The van der Waals surface area contributed by atoms with E-state index in [0.29, 0.717) is 16.5 Å². The summed E-state index contributed by atoms with van der Waals surface area (Å²) in [5, 5.41) is 3.01. The fourth-order valence-electron chi connectivity index (χ4n) is 2.39. The van der Waals surface area contributed by atoms with Crippen molar-refractivity contribution in [1.82, 2.24) is 0 Å². The van der Waals surface area contributed by atoms with Crippen molar-refractivity contribution in [2.45, 2.75) is 6.92 Å². The maximum absolute atomic E-state index is 12.1. The lowest BCUT2D eigenvalue weighted by Gasteiger charge is -2.11. The first-order chi connectivity index (χ1) is 12.8. The zero-order chi connectivity index (χ0) is 19.6. The zero-order valence-electron chi connectivity index (χ0n) is 14.0. The molecule has 0 aromatic heterocycles. The van der Waals surface area contributed by atoms with E-state index >= 15 is 0 Å². The molecule has 1 aliphatic rings. The molecule has 0 radical (unpaired) electrons. The van der Waals surface area contributed by atoms with Crippen molar-refractivity contribution in [1.29, 1.82) is 0 Å². The van der Waals surface area contributed by atoms with E-state index in [2.05, 4.69) is 5.32 Å². The number of ether oxygens (including phenoxy) is 3. The number of anilines is 1. The van der Waals surface area contributed by atoms with E-state index in [0.717, 1.165) is 0 Å².